The molecule has 1 aliphatic carbocycles. The highest BCUT2D eigenvalue weighted by molar-refractivity contribution is 5.47. The lowest BCUT2D eigenvalue weighted by atomic mass is 9.93. The molecule has 0 amide bonds. The molecule has 1 aromatic rings. The van der Waals surface area contributed by atoms with Crippen LogP contribution < -0.4 is 11.1 Å². The zero-order valence-corrected chi connectivity index (χ0v) is 10.5. The number of hydrogen-bond donors (Lipinski definition) is 2. The molecule has 5 heteroatoms. The van der Waals surface area contributed by atoms with E-state index in [1.165, 1.54) is 0 Å². The predicted octanol–water partition coefficient (Wildman–Crippen LogP) is 1.42. The third-order valence-electron chi connectivity index (χ3n) is 2.89. The summed E-state index contributed by atoms with van der Waals surface area (Å²) in [5, 5.41) is 11.2. The van der Waals surface area contributed by atoms with Gasteiger partial charge in [0, 0.05) is 24.6 Å². The fourth-order valence-corrected chi connectivity index (χ4v) is 1.95. The Balaban J connectivity index is 2.14. The SMILES string of the molecule is COC1=CCC(c2ccnnc2NCCN)C=C1. The molecule has 0 radical (unpaired) electrons. The summed E-state index contributed by atoms with van der Waals surface area (Å²) in [5.41, 5.74) is 6.63. The first-order chi connectivity index (χ1) is 8.85. The van der Waals surface area contributed by atoms with Crippen molar-refractivity contribution in [1.82, 2.24) is 10.2 Å². The Hall–Kier alpha value is -1.88. The molecule has 0 saturated heterocycles. The first-order valence-electron chi connectivity index (χ1n) is 6.03. The molecule has 2 rings (SSSR count). The van der Waals surface area contributed by atoms with Crippen LogP contribution in [0.2, 0.25) is 0 Å². The molecule has 1 atom stereocenters. The van der Waals surface area contributed by atoms with Crippen molar-refractivity contribution < 1.29 is 4.74 Å². The first kappa shape index (κ1) is 12.6. The van der Waals surface area contributed by atoms with Crippen LogP contribution in [0.3, 0.4) is 0 Å². The second-order valence-corrected chi connectivity index (χ2v) is 4.06. The molecular formula is C13H18N4O. The number of rotatable bonds is 5. The van der Waals surface area contributed by atoms with Gasteiger partial charge < -0.3 is 15.8 Å². The minimum absolute atomic E-state index is 0.305. The molecule has 0 aromatic carbocycles. The van der Waals surface area contributed by atoms with E-state index in [0.717, 1.165) is 23.6 Å². The molecule has 1 aromatic heterocycles. The summed E-state index contributed by atoms with van der Waals surface area (Å²) in [4.78, 5) is 0. The number of hydrogen-bond acceptors (Lipinski definition) is 5. The number of allylic oxidation sites excluding steroid dienone is 3. The van der Waals surface area contributed by atoms with Gasteiger partial charge in [-0.15, -0.1) is 5.10 Å². The minimum atomic E-state index is 0.305. The highest BCUT2D eigenvalue weighted by Crippen LogP contribution is 2.30. The van der Waals surface area contributed by atoms with Crippen LogP contribution in [0.5, 0.6) is 0 Å². The van der Waals surface area contributed by atoms with Crippen molar-refractivity contribution in [3.05, 3.63) is 41.8 Å². The van der Waals surface area contributed by atoms with Crippen LogP contribution in [-0.2, 0) is 4.74 Å². The van der Waals surface area contributed by atoms with Gasteiger partial charge in [-0.3, -0.25) is 0 Å². The van der Waals surface area contributed by atoms with Gasteiger partial charge in [0.05, 0.1) is 13.3 Å². The molecule has 18 heavy (non-hydrogen) atoms. The minimum Gasteiger partial charge on any atom is -0.497 e. The summed E-state index contributed by atoms with van der Waals surface area (Å²) in [5.74, 6) is 2.02. The van der Waals surface area contributed by atoms with Crippen LogP contribution in [0, 0.1) is 0 Å². The number of aromatic nitrogens is 2. The van der Waals surface area contributed by atoms with Gasteiger partial charge in [-0.25, -0.2) is 0 Å². The van der Waals surface area contributed by atoms with Crippen molar-refractivity contribution in [2.45, 2.75) is 12.3 Å². The van der Waals surface area contributed by atoms with Gasteiger partial charge in [0.25, 0.3) is 0 Å². The average molecular weight is 246 g/mol. The Bertz CT molecular complexity index is 456. The Morgan fingerprint density at radius 3 is 3.11 bits per heavy atom. The zero-order valence-electron chi connectivity index (χ0n) is 10.5. The monoisotopic (exact) mass is 246 g/mol. The van der Waals surface area contributed by atoms with Crippen LogP contribution in [0.1, 0.15) is 17.9 Å². The van der Waals surface area contributed by atoms with E-state index in [9.17, 15) is 0 Å². The van der Waals surface area contributed by atoms with Crippen molar-refractivity contribution in [3.8, 4) is 0 Å². The Labute approximate surface area is 107 Å². The lowest BCUT2D eigenvalue weighted by molar-refractivity contribution is 0.303. The van der Waals surface area contributed by atoms with E-state index in [4.69, 9.17) is 10.5 Å². The Kier molecular flexibility index (Phi) is 4.30. The highest BCUT2D eigenvalue weighted by Gasteiger charge is 2.15. The van der Waals surface area contributed by atoms with Crippen LogP contribution in [0.25, 0.3) is 0 Å². The van der Waals surface area contributed by atoms with Gasteiger partial charge >= 0.3 is 0 Å². The molecule has 1 heterocycles. The van der Waals surface area contributed by atoms with Gasteiger partial charge in [-0.1, -0.05) is 6.08 Å². The second kappa shape index (κ2) is 6.16. The topological polar surface area (TPSA) is 73.1 Å². The van der Waals surface area contributed by atoms with E-state index in [1.54, 1.807) is 13.3 Å². The van der Waals surface area contributed by atoms with E-state index in [2.05, 4.69) is 27.7 Å². The molecule has 1 unspecified atom stereocenters. The number of ether oxygens (including phenoxy) is 1. The molecular weight excluding hydrogens is 228 g/mol. The van der Waals surface area contributed by atoms with Crippen LogP contribution in [0.4, 0.5) is 5.82 Å². The molecule has 0 aliphatic heterocycles. The summed E-state index contributed by atoms with van der Waals surface area (Å²) in [7, 11) is 1.68. The number of methoxy groups -OCH3 is 1. The predicted molar refractivity (Wildman–Crippen MR) is 71.2 cm³/mol. The summed E-state index contributed by atoms with van der Waals surface area (Å²) in [6.07, 6.45) is 8.82. The molecule has 96 valence electrons. The summed E-state index contributed by atoms with van der Waals surface area (Å²) in [6, 6.07) is 1.99. The number of nitrogens with one attached hydrogen (secondary N) is 1. The van der Waals surface area contributed by atoms with E-state index in [1.807, 2.05) is 12.1 Å². The van der Waals surface area contributed by atoms with Crippen molar-refractivity contribution in [3.63, 3.8) is 0 Å². The quantitative estimate of drug-likeness (QED) is 0.822. The van der Waals surface area contributed by atoms with Gasteiger partial charge in [-0.2, -0.15) is 5.10 Å². The Morgan fingerprint density at radius 1 is 1.56 bits per heavy atom. The van der Waals surface area contributed by atoms with Gasteiger partial charge in [0.2, 0.25) is 0 Å². The smallest absolute Gasteiger partial charge is 0.152 e. The molecule has 0 fully saturated rings. The number of anilines is 1. The standard InChI is InChI=1S/C13H18N4O/c1-18-11-4-2-10(3-5-11)12-6-8-16-17-13(12)15-9-7-14/h2,4-6,8,10H,3,7,9,14H2,1H3,(H,15,17). The average Bonchev–Trinajstić information content (AvgIpc) is 2.45. The zero-order chi connectivity index (χ0) is 12.8. The van der Waals surface area contributed by atoms with E-state index in [0.29, 0.717) is 19.0 Å². The number of nitrogens with two attached hydrogens (primary N) is 1. The maximum Gasteiger partial charge on any atom is 0.152 e. The lowest BCUT2D eigenvalue weighted by Crippen LogP contribution is -2.16. The van der Waals surface area contributed by atoms with E-state index >= 15 is 0 Å². The van der Waals surface area contributed by atoms with Crippen LogP contribution >= 0.6 is 0 Å². The molecule has 0 bridgehead atoms. The molecule has 1 aliphatic rings. The Morgan fingerprint density at radius 2 is 2.44 bits per heavy atom. The third kappa shape index (κ3) is 2.87. The van der Waals surface area contributed by atoms with Gasteiger partial charge in [-0.05, 0) is 24.6 Å². The maximum absolute atomic E-state index is 5.49. The maximum atomic E-state index is 5.49. The summed E-state index contributed by atoms with van der Waals surface area (Å²) in [6.45, 7) is 1.27. The van der Waals surface area contributed by atoms with Crippen molar-refractivity contribution in [2.75, 3.05) is 25.5 Å². The second-order valence-electron chi connectivity index (χ2n) is 4.06. The van der Waals surface area contributed by atoms with Crippen molar-refractivity contribution >= 4 is 5.82 Å². The third-order valence-corrected chi connectivity index (χ3v) is 2.89. The largest absolute Gasteiger partial charge is 0.497 e. The van der Waals surface area contributed by atoms with Crippen LogP contribution in [0.15, 0.2) is 36.3 Å². The van der Waals surface area contributed by atoms with Gasteiger partial charge in [0.1, 0.15) is 5.76 Å². The van der Waals surface area contributed by atoms with Crippen LogP contribution in [-0.4, -0.2) is 30.4 Å². The fourth-order valence-electron chi connectivity index (χ4n) is 1.95. The molecule has 5 nitrogen and oxygen atoms in total. The number of nitrogens with zero attached hydrogens (tertiary/aromatic N) is 2. The normalized spacial score (nSPS) is 18.3. The van der Waals surface area contributed by atoms with E-state index in [-0.39, 0.29) is 0 Å². The molecule has 3 N–H and O–H groups in total. The molecule has 0 spiro atoms. The van der Waals surface area contributed by atoms with Crippen molar-refractivity contribution in [1.29, 1.82) is 0 Å². The summed E-state index contributed by atoms with van der Waals surface area (Å²) < 4.78 is 5.18. The highest BCUT2D eigenvalue weighted by atomic mass is 16.5. The lowest BCUT2D eigenvalue weighted by Gasteiger charge is -2.18. The summed E-state index contributed by atoms with van der Waals surface area (Å²) >= 11 is 0. The van der Waals surface area contributed by atoms with E-state index < -0.39 is 0 Å². The molecule has 0 saturated carbocycles. The fraction of sp³-hybridized carbons (Fsp3) is 0.385. The van der Waals surface area contributed by atoms with Gasteiger partial charge in [0.15, 0.2) is 5.82 Å². The first-order valence-corrected chi connectivity index (χ1v) is 6.03. The van der Waals surface area contributed by atoms with Crippen molar-refractivity contribution in [2.24, 2.45) is 5.73 Å².